The Kier molecular flexibility index (Phi) is 3.93. The summed E-state index contributed by atoms with van der Waals surface area (Å²) >= 11 is 0. The molecule has 5 heteroatoms. The molecule has 0 spiro atoms. The summed E-state index contributed by atoms with van der Waals surface area (Å²) in [5, 5.41) is 2.24. The Morgan fingerprint density at radius 3 is 2.29 bits per heavy atom. The van der Waals surface area contributed by atoms with E-state index in [0.29, 0.717) is 0 Å². The predicted octanol–water partition coefficient (Wildman–Crippen LogP) is 2.98. The molecule has 0 radical (unpaired) electrons. The molecule has 0 saturated heterocycles. The van der Waals surface area contributed by atoms with Gasteiger partial charge in [0.2, 0.25) is 0 Å². The monoisotopic (exact) mass is 243 g/mol. The van der Waals surface area contributed by atoms with Crippen molar-refractivity contribution in [3.8, 4) is 0 Å². The second-order valence-electron chi connectivity index (χ2n) is 3.58. The van der Waals surface area contributed by atoms with Crippen molar-refractivity contribution >= 4 is 5.91 Å². The highest BCUT2D eigenvalue weighted by molar-refractivity contribution is 5.94. The number of carbonyl (C=O) groups excluding carboxylic acids is 1. The van der Waals surface area contributed by atoms with E-state index in [9.17, 15) is 18.0 Å². The van der Waals surface area contributed by atoms with Gasteiger partial charge >= 0.3 is 6.18 Å². The Morgan fingerprint density at radius 2 is 1.82 bits per heavy atom. The first-order valence-electron chi connectivity index (χ1n) is 4.94. The van der Waals surface area contributed by atoms with E-state index in [2.05, 4.69) is 11.9 Å². The molecule has 0 heterocycles. The van der Waals surface area contributed by atoms with Gasteiger partial charge in [0.1, 0.15) is 5.57 Å². The van der Waals surface area contributed by atoms with E-state index in [1.165, 1.54) is 0 Å². The molecule has 17 heavy (non-hydrogen) atoms. The third kappa shape index (κ3) is 3.62. The summed E-state index contributed by atoms with van der Waals surface area (Å²) in [5.41, 5.74) is -0.656. The fourth-order valence-corrected chi connectivity index (χ4v) is 1.24. The summed E-state index contributed by atoms with van der Waals surface area (Å²) in [6, 6.07) is 8.23. The number of hydrogen-bond acceptors (Lipinski definition) is 1. The van der Waals surface area contributed by atoms with E-state index in [0.717, 1.165) is 5.56 Å². The van der Waals surface area contributed by atoms with Gasteiger partial charge in [0.25, 0.3) is 5.91 Å². The van der Waals surface area contributed by atoms with Crippen LogP contribution in [0.5, 0.6) is 0 Å². The molecule has 1 aromatic carbocycles. The molecule has 0 aliphatic rings. The molecule has 0 saturated carbocycles. The molecule has 0 aliphatic heterocycles. The fraction of sp³-hybridized carbons (Fsp3) is 0.250. The molecule has 92 valence electrons. The van der Waals surface area contributed by atoms with Crippen LogP contribution in [-0.2, 0) is 4.79 Å². The number of carbonyl (C=O) groups is 1. The minimum atomic E-state index is -4.69. The SMILES string of the molecule is C=C(C(=O)N[C@@H](C)c1ccccc1)C(F)(F)F. The van der Waals surface area contributed by atoms with Gasteiger partial charge in [0, 0.05) is 0 Å². The van der Waals surface area contributed by atoms with Crippen LogP contribution in [0, 0.1) is 0 Å². The number of amides is 1. The highest BCUT2D eigenvalue weighted by atomic mass is 19.4. The molecular formula is C12H12F3NO. The summed E-state index contributed by atoms with van der Waals surface area (Å²) < 4.78 is 36.6. The summed E-state index contributed by atoms with van der Waals surface area (Å²) in [4.78, 5) is 11.2. The van der Waals surface area contributed by atoms with E-state index >= 15 is 0 Å². The summed E-state index contributed by atoms with van der Waals surface area (Å²) in [5.74, 6) is -1.20. The van der Waals surface area contributed by atoms with Crippen molar-refractivity contribution in [1.82, 2.24) is 5.32 Å². The van der Waals surface area contributed by atoms with E-state index in [1.807, 2.05) is 0 Å². The summed E-state index contributed by atoms with van der Waals surface area (Å²) in [6.45, 7) is 4.34. The molecule has 1 atom stereocenters. The van der Waals surface area contributed by atoms with Crippen molar-refractivity contribution in [2.75, 3.05) is 0 Å². The van der Waals surface area contributed by atoms with Gasteiger partial charge in [-0.2, -0.15) is 13.2 Å². The zero-order valence-corrected chi connectivity index (χ0v) is 9.21. The number of hydrogen-bond donors (Lipinski definition) is 1. The van der Waals surface area contributed by atoms with Gasteiger partial charge < -0.3 is 5.32 Å². The molecule has 1 aromatic rings. The lowest BCUT2D eigenvalue weighted by atomic mass is 10.1. The van der Waals surface area contributed by atoms with Crippen LogP contribution in [0.1, 0.15) is 18.5 Å². The first-order chi connectivity index (χ1) is 7.82. The van der Waals surface area contributed by atoms with Crippen LogP contribution < -0.4 is 5.32 Å². The Labute approximate surface area is 97.1 Å². The lowest BCUT2D eigenvalue weighted by molar-refractivity contribution is -0.131. The summed E-state index contributed by atoms with van der Waals surface area (Å²) in [6.07, 6.45) is -4.69. The predicted molar refractivity (Wildman–Crippen MR) is 58.2 cm³/mol. The van der Waals surface area contributed by atoms with Crippen LogP contribution in [0.4, 0.5) is 13.2 Å². The second kappa shape index (κ2) is 5.03. The van der Waals surface area contributed by atoms with E-state index in [4.69, 9.17) is 0 Å². The Morgan fingerprint density at radius 1 is 1.29 bits per heavy atom. The second-order valence-corrected chi connectivity index (χ2v) is 3.58. The van der Waals surface area contributed by atoms with Crippen molar-refractivity contribution in [1.29, 1.82) is 0 Å². The van der Waals surface area contributed by atoms with Crippen LogP contribution in [0.3, 0.4) is 0 Å². The number of rotatable bonds is 3. The first kappa shape index (κ1) is 13.3. The minimum Gasteiger partial charge on any atom is -0.346 e. The molecule has 2 nitrogen and oxygen atoms in total. The smallest absolute Gasteiger partial charge is 0.346 e. The van der Waals surface area contributed by atoms with Gasteiger partial charge in [-0.15, -0.1) is 0 Å². The molecular weight excluding hydrogens is 231 g/mol. The summed E-state index contributed by atoms with van der Waals surface area (Å²) in [7, 11) is 0. The Bertz CT molecular complexity index is 412. The van der Waals surface area contributed by atoms with Gasteiger partial charge in [-0.25, -0.2) is 0 Å². The molecule has 1 N–H and O–H groups in total. The van der Waals surface area contributed by atoms with Gasteiger partial charge in [-0.1, -0.05) is 36.9 Å². The van der Waals surface area contributed by atoms with Crippen molar-refractivity contribution in [3.05, 3.63) is 48.0 Å². The van der Waals surface area contributed by atoms with Gasteiger partial charge in [0.05, 0.1) is 6.04 Å². The van der Waals surface area contributed by atoms with Crippen molar-refractivity contribution in [3.63, 3.8) is 0 Å². The van der Waals surface area contributed by atoms with Crippen LogP contribution in [-0.4, -0.2) is 12.1 Å². The third-order valence-corrected chi connectivity index (χ3v) is 2.26. The first-order valence-corrected chi connectivity index (χ1v) is 4.94. The number of nitrogens with one attached hydrogen (secondary N) is 1. The van der Waals surface area contributed by atoms with Crippen molar-refractivity contribution < 1.29 is 18.0 Å². The average Bonchev–Trinajstić information content (AvgIpc) is 2.27. The third-order valence-electron chi connectivity index (χ3n) is 2.26. The lowest BCUT2D eigenvalue weighted by Gasteiger charge is -2.16. The minimum absolute atomic E-state index is 0.497. The topological polar surface area (TPSA) is 29.1 Å². The lowest BCUT2D eigenvalue weighted by Crippen LogP contribution is -2.33. The molecule has 0 bridgehead atoms. The van der Waals surface area contributed by atoms with Crippen LogP contribution in [0.2, 0.25) is 0 Å². The van der Waals surface area contributed by atoms with Gasteiger partial charge in [0.15, 0.2) is 0 Å². The highest BCUT2D eigenvalue weighted by Gasteiger charge is 2.37. The van der Waals surface area contributed by atoms with Gasteiger partial charge in [-0.3, -0.25) is 4.79 Å². The maximum absolute atomic E-state index is 12.2. The highest BCUT2D eigenvalue weighted by Crippen LogP contribution is 2.24. The zero-order valence-electron chi connectivity index (χ0n) is 9.21. The van der Waals surface area contributed by atoms with E-state index in [1.54, 1.807) is 37.3 Å². The van der Waals surface area contributed by atoms with Crippen LogP contribution in [0.15, 0.2) is 42.5 Å². The average molecular weight is 243 g/mol. The quantitative estimate of drug-likeness (QED) is 0.812. The fourth-order valence-electron chi connectivity index (χ4n) is 1.24. The van der Waals surface area contributed by atoms with Crippen LogP contribution in [0.25, 0.3) is 0 Å². The standard InChI is InChI=1S/C12H12F3NO/c1-8(12(13,14)15)11(17)16-9(2)10-6-4-3-5-7-10/h3-7,9H,1H2,2H3,(H,16,17)/t9-/m0/s1. The van der Waals surface area contributed by atoms with Crippen molar-refractivity contribution in [2.24, 2.45) is 0 Å². The molecule has 0 unspecified atom stereocenters. The Balaban J connectivity index is 2.68. The molecule has 0 aromatic heterocycles. The van der Waals surface area contributed by atoms with Crippen molar-refractivity contribution in [2.45, 2.75) is 19.1 Å². The van der Waals surface area contributed by atoms with Crippen LogP contribution >= 0.6 is 0 Å². The maximum Gasteiger partial charge on any atom is 0.421 e. The molecule has 1 amide bonds. The number of benzene rings is 1. The normalized spacial score (nSPS) is 12.9. The number of halogens is 3. The largest absolute Gasteiger partial charge is 0.421 e. The molecule has 0 aliphatic carbocycles. The molecule has 0 fully saturated rings. The van der Waals surface area contributed by atoms with E-state index in [-0.39, 0.29) is 0 Å². The molecule has 1 rings (SSSR count). The van der Waals surface area contributed by atoms with E-state index < -0.39 is 23.7 Å². The Hall–Kier alpha value is -1.78. The number of alkyl halides is 3. The maximum atomic E-state index is 12.2. The van der Waals surface area contributed by atoms with Gasteiger partial charge in [-0.05, 0) is 12.5 Å². The zero-order chi connectivity index (χ0) is 13.1.